The SMILES string of the molecule is O=C(Nc1cnccc1OCCCO)c1csc(-c2c(F)cccc2F)n1. The molecule has 0 unspecified atom stereocenters. The summed E-state index contributed by atoms with van der Waals surface area (Å²) in [7, 11) is 0. The Kier molecular flexibility index (Phi) is 6.05. The van der Waals surface area contributed by atoms with Crippen LogP contribution in [0.4, 0.5) is 14.5 Å². The number of amides is 1. The molecule has 0 spiro atoms. The van der Waals surface area contributed by atoms with E-state index in [4.69, 9.17) is 9.84 Å². The van der Waals surface area contributed by atoms with Gasteiger partial charge in [-0.05, 0) is 12.1 Å². The highest BCUT2D eigenvalue weighted by molar-refractivity contribution is 7.13. The van der Waals surface area contributed by atoms with Crippen LogP contribution in [-0.4, -0.2) is 34.2 Å². The number of nitrogens with zero attached hydrogens (tertiary/aromatic N) is 2. The maximum Gasteiger partial charge on any atom is 0.275 e. The van der Waals surface area contributed by atoms with Crippen molar-refractivity contribution in [3.8, 4) is 16.3 Å². The van der Waals surface area contributed by atoms with Crippen LogP contribution in [0.3, 0.4) is 0 Å². The molecule has 0 atom stereocenters. The van der Waals surface area contributed by atoms with Crippen molar-refractivity contribution in [1.29, 1.82) is 0 Å². The second-order valence-corrected chi connectivity index (χ2v) is 6.24. The van der Waals surface area contributed by atoms with Gasteiger partial charge in [0.2, 0.25) is 0 Å². The summed E-state index contributed by atoms with van der Waals surface area (Å²) in [5.74, 6) is -1.66. The van der Waals surface area contributed by atoms with Crippen LogP contribution >= 0.6 is 11.3 Å². The van der Waals surface area contributed by atoms with Crippen LogP contribution in [0.25, 0.3) is 10.6 Å². The topological polar surface area (TPSA) is 84.3 Å². The first-order chi connectivity index (χ1) is 13.1. The number of aliphatic hydroxyl groups is 1. The van der Waals surface area contributed by atoms with E-state index in [1.807, 2.05) is 0 Å². The van der Waals surface area contributed by atoms with E-state index in [0.29, 0.717) is 17.9 Å². The van der Waals surface area contributed by atoms with Gasteiger partial charge >= 0.3 is 0 Å². The molecular weight excluding hydrogens is 376 g/mol. The van der Waals surface area contributed by atoms with Crippen molar-refractivity contribution in [3.63, 3.8) is 0 Å². The van der Waals surface area contributed by atoms with Crippen LogP contribution in [0, 0.1) is 11.6 Å². The molecule has 0 aliphatic carbocycles. The highest BCUT2D eigenvalue weighted by Crippen LogP contribution is 2.29. The lowest BCUT2D eigenvalue weighted by Crippen LogP contribution is -2.14. The van der Waals surface area contributed by atoms with Crippen LogP contribution in [0.1, 0.15) is 16.9 Å². The van der Waals surface area contributed by atoms with Gasteiger partial charge in [-0.1, -0.05) is 6.07 Å². The normalized spacial score (nSPS) is 10.6. The smallest absolute Gasteiger partial charge is 0.275 e. The Morgan fingerprint density at radius 2 is 2.04 bits per heavy atom. The number of thiazole rings is 1. The number of carbonyl (C=O) groups is 1. The molecule has 3 aromatic rings. The number of aromatic nitrogens is 2. The molecule has 0 aliphatic heterocycles. The van der Waals surface area contributed by atoms with E-state index >= 15 is 0 Å². The van der Waals surface area contributed by atoms with Crippen molar-refractivity contribution in [2.75, 3.05) is 18.5 Å². The largest absolute Gasteiger partial charge is 0.491 e. The summed E-state index contributed by atoms with van der Waals surface area (Å²) in [5.41, 5.74) is 0.0748. The number of benzene rings is 1. The Morgan fingerprint density at radius 3 is 2.78 bits per heavy atom. The van der Waals surface area contributed by atoms with Gasteiger partial charge in [-0.3, -0.25) is 9.78 Å². The molecule has 0 saturated carbocycles. The van der Waals surface area contributed by atoms with E-state index < -0.39 is 17.5 Å². The van der Waals surface area contributed by atoms with E-state index in [2.05, 4.69) is 15.3 Å². The number of halogens is 2. The van der Waals surface area contributed by atoms with Crippen molar-refractivity contribution in [2.24, 2.45) is 0 Å². The lowest BCUT2D eigenvalue weighted by molar-refractivity contribution is 0.102. The van der Waals surface area contributed by atoms with Crippen molar-refractivity contribution in [2.45, 2.75) is 6.42 Å². The van der Waals surface area contributed by atoms with Gasteiger partial charge < -0.3 is 15.2 Å². The third-order valence-corrected chi connectivity index (χ3v) is 4.36. The zero-order valence-corrected chi connectivity index (χ0v) is 14.8. The molecule has 27 heavy (non-hydrogen) atoms. The maximum atomic E-state index is 13.9. The minimum Gasteiger partial charge on any atom is -0.491 e. The van der Waals surface area contributed by atoms with Gasteiger partial charge in [-0.25, -0.2) is 13.8 Å². The average molecular weight is 391 g/mol. The molecule has 0 fully saturated rings. The number of carbonyl (C=O) groups excluding carboxylic acids is 1. The molecule has 1 amide bonds. The zero-order chi connectivity index (χ0) is 19.2. The fourth-order valence-electron chi connectivity index (χ4n) is 2.23. The number of ether oxygens (including phenoxy) is 1. The summed E-state index contributed by atoms with van der Waals surface area (Å²) >= 11 is 0.964. The predicted molar refractivity (Wildman–Crippen MR) is 96.9 cm³/mol. The Hall–Kier alpha value is -2.91. The quantitative estimate of drug-likeness (QED) is 0.602. The van der Waals surface area contributed by atoms with Crippen molar-refractivity contribution in [3.05, 3.63) is 59.4 Å². The molecule has 6 nitrogen and oxygen atoms in total. The molecule has 0 bridgehead atoms. The van der Waals surface area contributed by atoms with Crippen LogP contribution in [0.15, 0.2) is 42.0 Å². The first kappa shape index (κ1) is 18.9. The Morgan fingerprint density at radius 1 is 1.26 bits per heavy atom. The van der Waals surface area contributed by atoms with Gasteiger partial charge in [0, 0.05) is 30.7 Å². The first-order valence-electron chi connectivity index (χ1n) is 7.99. The molecule has 1 aromatic carbocycles. The van der Waals surface area contributed by atoms with Gasteiger partial charge in [0.1, 0.15) is 33.8 Å². The second-order valence-electron chi connectivity index (χ2n) is 5.39. The van der Waals surface area contributed by atoms with E-state index in [-0.39, 0.29) is 29.5 Å². The van der Waals surface area contributed by atoms with Crippen molar-refractivity contribution in [1.82, 2.24) is 9.97 Å². The van der Waals surface area contributed by atoms with E-state index in [1.54, 1.807) is 6.07 Å². The van der Waals surface area contributed by atoms with Gasteiger partial charge in [0.15, 0.2) is 0 Å². The summed E-state index contributed by atoms with van der Waals surface area (Å²) in [6, 6.07) is 5.10. The van der Waals surface area contributed by atoms with Gasteiger partial charge in [0.25, 0.3) is 5.91 Å². The van der Waals surface area contributed by atoms with Crippen molar-refractivity contribution >= 4 is 22.9 Å². The third kappa shape index (κ3) is 4.44. The lowest BCUT2D eigenvalue weighted by Gasteiger charge is -2.10. The average Bonchev–Trinajstić information content (AvgIpc) is 3.13. The standard InChI is InChI=1S/C18H15F2N3O3S/c19-11-3-1-4-12(20)16(11)18-23-14(10-27-18)17(25)22-13-9-21-6-5-15(13)26-8-2-7-24/h1,3-6,9-10,24H,2,7-8H2,(H,22,25). The molecule has 2 heterocycles. The number of aliphatic hydroxyl groups excluding tert-OH is 1. The number of hydrogen-bond donors (Lipinski definition) is 2. The molecule has 0 aliphatic rings. The zero-order valence-electron chi connectivity index (χ0n) is 14.0. The Balaban J connectivity index is 1.78. The number of hydrogen-bond acceptors (Lipinski definition) is 6. The summed E-state index contributed by atoms with van der Waals surface area (Å²) in [4.78, 5) is 20.4. The summed E-state index contributed by atoms with van der Waals surface area (Å²) in [6.07, 6.45) is 3.36. The van der Waals surface area contributed by atoms with Gasteiger partial charge in [-0.2, -0.15) is 0 Å². The molecule has 2 aromatic heterocycles. The summed E-state index contributed by atoms with van der Waals surface area (Å²) < 4.78 is 33.2. The van der Waals surface area contributed by atoms with E-state index in [1.165, 1.54) is 23.8 Å². The molecule has 3 rings (SSSR count). The first-order valence-corrected chi connectivity index (χ1v) is 8.87. The van der Waals surface area contributed by atoms with Gasteiger partial charge in [0.05, 0.1) is 18.4 Å². The predicted octanol–water partition coefficient (Wildman–Crippen LogP) is 3.50. The maximum absolute atomic E-state index is 13.9. The number of rotatable bonds is 7. The minimum absolute atomic E-state index is 0.0129. The van der Waals surface area contributed by atoms with Crippen LogP contribution in [-0.2, 0) is 0 Å². The Bertz CT molecular complexity index is 929. The number of anilines is 1. The number of nitrogens with one attached hydrogen (secondary N) is 1. The lowest BCUT2D eigenvalue weighted by atomic mass is 10.2. The second kappa shape index (κ2) is 8.65. The highest BCUT2D eigenvalue weighted by Gasteiger charge is 2.18. The molecule has 140 valence electrons. The molecule has 0 radical (unpaired) electrons. The summed E-state index contributed by atoms with van der Waals surface area (Å²) in [5, 5.41) is 12.9. The fraction of sp³-hybridized carbons (Fsp3) is 0.167. The molecule has 2 N–H and O–H groups in total. The van der Waals surface area contributed by atoms with E-state index in [9.17, 15) is 13.6 Å². The molecular formula is C18H15F2N3O3S. The molecule has 9 heteroatoms. The van der Waals surface area contributed by atoms with E-state index in [0.717, 1.165) is 23.5 Å². The fourth-order valence-corrected chi connectivity index (χ4v) is 3.08. The van der Waals surface area contributed by atoms with Gasteiger partial charge in [-0.15, -0.1) is 11.3 Å². The van der Waals surface area contributed by atoms with Crippen LogP contribution < -0.4 is 10.1 Å². The molecule has 0 saturated heterocycles. The minimum atomic E-state index is -0.747. The number of pyridine rings is 1. The summed E-state index contributed by atoms with van der Waals surface area (Å²) in [6.45, 7) is 0.262. The van der Waals surface area contributed by atoms with Crippen LogP contribution in [0.5, 0.6) is 5.75 Å². The monoisotopic (exact) mass is 391 g/mol. The Labute approximate surface area is 157 Å². The van der Waals surface area contributed by atoms with Crippen molar-refractivity contribution < 1.29 is 23.4 Å². The third-order valence-electron chi connectivity index (χ3n) is 3.50. The van der Waals surface area contributed by atoms with Crippen LogP contribution in [0.2, 0.25) is 0 Å². The highest BCUT2D eigenvalue weighted by atomic mass is 32.1.